The lowest BCUT2D eigenvalue weighted by atomic mass is 10.2. The minimum absolute atomic E-state index is 0.158. The molecule has 0 aromatic heterocycles. The number of aryl methyl sites for hydroxylation is 1. The molecule has 0 aliphatic heterocycles. The van der Waals surface area contributed by atoms with Gasteiger partial charge in [-0.3, -0.25) is 9.59 Å². The Morgan fingerprint density at radius 3 is 2.46 bits per heavy atom. The van der Waals surface area contributed by atoms with E-state index in [9.17, 15) is 14.0 Å². The Morgan fingerprint density at radius 1 is 1.08 bits per heavy atom. The number of carbonyl (C=O) groups is 2. The molecule has 2 rings (SSSR count). The molecule has 2 amide bonds. The zero-order valence-corrected chi connectivity index (χ0v) is 14.3. The molecule has 0 radical (unpaired) electrons. The summed E-state index contributed by atoms with van der Waals surface area (Å²) in [6.45, 7) is 3.68. The molecule has 2 aromatic rings. The molecular weight excluding hydrogens is 327 g/mol. The van der Waals surface area contributed by atoms with E-state index in [1.807, 2.05) is 31.2 Å². The van der Waals surface area contributed by atoms with E-state index in [2.05, 4.69) is 10.6 Å². The van der Waals surface area contributed by atoms with Crippen LogP contribution in [-0.4, -0.2) is 22.8 Å². The lowest BCUT2D eigenvalue weighted by molar-refractivity contribution is -0.115. The largest absolute Gasteiger partial charge is 0.325 e. The summed E-state index contributed by atoms with van der Waals surface area (Å²) in [6, 6.07) is 13.2. The molecule has 0 spiro atoms. The fraction of sp³-hybridized carbons (Fsp3) is 0.222. The van der Waals surface area contributed by atoms with Crippen LogP contribution < -0.4 is 10.6 Å². The number of benzene rings is 2. The lowest BCUT2D eigenvalue weighted by Gasteiger charge is -2.12. The molecule has 0 heterocycles. The van der Waals surface area contributed by atoms with Gasteiger partial charge in [-0.05, 0) is 44.2 Å². The van der Waals surface area contributed by atoms with Crippen LogP contribution in [0, 0.1) is 12.7 Å². The number of amides is 2. The average Bonchev–Trinajstić information content (AvgIpc) is 2.54. The molecule has 0 saturated carbocycles. The third-order valence-electron chi connectivity index (χ3n) is 3.26. The molecule has 0 unspecified atom stereocenters. The van der Waals surface area contributed by atoms with Crippen molar-refractivity contribution in [2.24, 2.45) is 0 Å². The van der Waals surface area contributed by atoms with Crippen LogP contribution in [0.15, 0.2) is 48.5 Å². The first kappa shape index (κ1) is 18.0. The van der Waals surface area contributed by atoms with E-state index >= 15 is 0 Å². The molecule has 126 valence electrons. The molecule has 0 aliphatic rings. The Labute approximate surface area is 144 Å². The minimum Gasteiger partial charge on any atom is -0.325 e. The zero-order valence-electron chi connectivity index (χ0n) is 13.5. The smallest absolute Gasteiger partial charge is 0.237 e. The SMILES string of the molecule is Cc1ccc(NC(=O)CS[C@@H](C)C(=O)Nc2cccc(F)c2)cc1. The molecule has 0 aliphatic carbocycles. The van der Waals surface area contributed by atoms with Gasteiger partial charge >= 0.3 is 0 Å². The number of nitrogens with one attached hydrogen (secondary N) is 2. The van der Waals surface area contributed by atoms with Crippen LogP contribution in [0.1, 0.15) is 12.5 Å². The number of rotatable bonds is 6. The van der Waals surface area contributed by atoms with E-state index < -0.39 is 11.1 Å². The first-order valence-electron chi connectivity index (χ1n) is 7.48. The van der Waals surface area contributed by atoms with Gasteiger partial charge in [0.1, 0.15) is 5.82 Å². The minimum atomic E-state index is -0.433. The van der Waals surface area contributed by atoms with Crippen molar-refractivity contribution in [2.45, 2.75) is 19.1 Å². The molecule has 0 bridgehead atoms. The van der Waals surface area contributed by atoms with Crippen LogP contribution in [0.5, 0.6) is 0 Å². The number of carbonyl (C=O) groups excluding carboxylic acids is 2. The van der Waals surface area contributed by atoms with Crippen LogP contribution in [0.2, 0.25) is 0 Å². The molecule has 24 heavy (non-hydrogen) atoms. The van der Waals surface area contributed by atoms with Gasteiger partial charge in [0.25, 0.3) is 0 Å². The van der Waals surface area contributed by atoms with Gasteiger partial charge in [-0.1, -0.05) is 23.8 Å². The quantitative estimate of drug-likeness (QED) is 0.836. The Kier molecular flexibility index (Phi) is 6.37. The standard InChI is InChI=1S/C18H19FN2O2S/c1-12-6-8-15(9-7-12)20-17(22)11-24-13(2)18(23)21-16-5-3-4-14(19)10-16/h3-10,13H,11H2,1-2H3,(H,20,22)(H,21,23)/t13-/m0/s1. The fourth-order valence-corrected chi connectivity index (χ4v) is 2.60. The highest BCUT2D eigenvalue weighted by atomic mass is 32.2. The number of thioether (sulfide) groups is 1. The van der Waals surface area contributed by atoms with Crippen LogP contribution in [0.4, 0.5) is 15.8 Å². The molecule has 0 saturated heterocycles. The maximum Gasteiger partial charge on any atom is 0.237 e. The lowest BCUT2D eigenvalue weighted by Crippen LogP contribution is -2.25. The topological polar surface area (TPSA) is 58.2 Å². The molecule has 0 fully saturated rings. The van der Waals surface area contributed by atoms with E-state index in [0.29, 0.717) is 5.69 Å². The van der Waals surface area contributed by atoms with Gasteiger partial charge in [0.15, 0.2) is 0 Å². The molecule has 2 N–H and O–H groups in total. The van der Waals surface area contributed by atoms with E-state index in [-0.39, 0.29) is 17.6 Å². The van der Waals surface area contributed by atoms with Crippen LogP contribution in [0.25, 0.3) is 0 Å². The molecule has 4 nitrogen and oxygen atoms in total. The van der Waals surface area contributed by atoms with Crippen LogP contribution in [-0.2, 0) is 9.59 Å². The molecule has 1 atom stereocenters. The van der Waals surface area contributed by atoms with Gasteiger partial charge in [0.2, 0.25) is 11.8 Å². The van der Waals surface area contributed by atoms with Crippen molar-refractivity contribution < 1.29 is 14.0 Å². The van der Waals surface area contributed by atoms with Crippen molar-refractivity contribution in [3.05, 3.63) is 59.9 Å². The van der Waals surface area contributed by atoms with Crippen molar-refractivity contribution in [3.63, 3.8) is 0 Å². The third-order valence-corrected chi connectivity index (χ3v) is 4.40. The highest BCUT2D eigenvalue weighted by Gasteiger charge is 2.15. The number of halogens is 1. The van der Waals surface area contributed by atoms with Gasteiger partial charge in [0, 0.05) is 11.4 Å². The Bertz CT molecular complexity index is 719. The van der Waals surface area contributed by atoms with Crippen molar-refractivity contribution in [1.82, 2.24) is 0 Å². The Balaban J connectivity index is 1.79. The second-order valence-corrected chi connectivity index (χ2v) is 6.70. The van der Waals surface area contributed by atoms with Gasteiger partial charge in [-0.2, -0.15) is 0 Å². The van der Waals surface area contributed by atoms with Gasteiger partial charge in [-0.25, -0.2) is 4.39 Å². The summed E-state index contributed by atoms with van der Waals surface area (Å²) < 4.78 is 13.1. The Hall–Kier alpha value is -2.34. The second-order valence-electron chi connectivity index (χ2n) is 5.37. The van der Waals surface area contributed by atoms with E-state index in [4.69, 9.17) is 0 Å². The normalized spacial score (nSPS) is 11.6. The first-order valence-corrected chi connectivity index (χ1v) is 8.53. The summed E-state index contributed by atoms with van der Waals surface area (Å²) in [5, 5.41) is 4.98. The van der Waals surface area contributed by atoms with Crippen molar-refractivity contribution in [1.29, 1.82) is 0 Å². The maximum absolute atomic E-state index is 13.1. The van der Waals surface area contributed by atoms with Crippen molar-refractivity contribution in [3.8, 4) is 0 Å². The first-order chi connectivity index (χ1) is 11.4. The predicted molar refractivity (Wildman–Crippen MR) is 96.8 cm³/mol. The second kappa shape index (κ2) is 8.49. The summed E-state index contributed by atoms with van der Waals surface area (Å²) in [4.78, 5) is 24.0. The fourth-order valence-electron chi connectivity index (χ4n) is 1.92. The highest BCUT2D eigenvalue weighted by molar-refractivity contribution is 8.01. The van der Waals surface area contributed by atoms with Gasteiger partial charge < -0.3 is 10.6 Å². The molecule has 2 aromatic carbocycles. The third kappa shape index (κ3) is 5.70. The Morgan fingerprint density at radius 2 is 1.79 bits per heavy atom. The van der Waals surface area contributed by atoms with Crippen LogP contribution in [0.3, 0.4) is 0 Å². The number of hydrogen-bond acceptors (Lipinski definition) is 3. The summed E-state index contributed by atoms with van der Waals surface area (Å²) in [5.41, 5.74) is 2.24. The average molecular weight is 346 g/mol. The summed E-state index contributed by atoms with van der Waals surface area (Å²) in [6.07, 6.45) is 0. The predicted octanol–water partition coefficient (Wildman–Crippen LogP) is 3.83. The van der Waals surface area contributed by atoms with E-state index in [1.54, 1.807) is 13.0 Å². The van der Waals surface area contributed by atoms with Gasteiger partial charge in [0.05, 0.1) is 11.0 Å². The van der Waals surface area contributed by atoms with Crippen molar-refractivity contribution in [2.75, 3.05) is 16.4 Å². The summed E-state index contributed by atoms with van der Waals surface area (Å²) in [7, 11) is 0. The monoisotopic (exact) mass is 346 g/mol. The van der Waals surface area contributed by atoms with E-state index in [1.165, 1.54) is 30.0 Å². The maximum atomic E-state index is 13.1. The molecule has 6 heteroatoms. The van der Waals surface area contributed by atoms with Crippen molar-refractivity contribution >= 4 is 35.0 Å². The number of anilines is 2. The van der Waals surface area contributed by atoms with Crippen LogP contribution >= 0.6 is 11.8 Å². The number of hydrogen-bond donors (Lipinski definition) is 2. The summed E-state index contributed by atoms with van der Waals surface area (Å²) in [5.74, 6) is -0.695. The van der Waals surface area contributed by atoms with E-state index in [0.717, 1.165) is 11.3 Å². The van der Waals surface area contributed by atoms with Gasteiger partial charge in [-0.15, -0.1) is 11.8 Å². The summed E-state index contributed by atoms with van der Waals surface area (Å²) >= 11 is 1.22. The zero-order chi connectivity index (χ0) is 17.5. The molecular formula is C18H19FN2O2S. The highest BCUT2D eigenvalue weighted by Crippen LogP contribution is 2.16.